The molecule has 2 aromatic rings. The molecule has 0 saturated carbocycles. The highest BCUT2D eigenvalue weighted by molar-refractivity contribution is 7.71. The van der Waals surface area contributed by atoms with Gasteiger partial charge in [0.15, 0.2) is 10.4 Å². The number of nitrogens with zero attached hydrogens (tertiary/aromatic N) is 4. The second-order valence-electron chi connectivity index (χ2n) is 4.21. The summed E-state index contributed by atoms with van der Waals surface area (Å²) in [6, 6.07) is 0. The van der Waals surface area contributed by atoms with Crippen LogP contribution in [0.15, 0.2) is 0 Å². The molecular weight excluding hydrogens is 238 g/mol. The van der Waals surface area contributed by atoms with Gasteiger partial charge in [0.05, 0.1) is 5.69 Å². The Morgan fingerprint density at radius 1 is 1.53 bits per heavy atom. The van der Waals surface area contributed by atoms with E-state index in [1.807, 2.05) is 14.0 Å². The first kappa shape index (κ1) is 11.8. The zero-order chi connectivity index (χ0) is 12.7. The number of aromatic amines is 1. The number of fused-ring (bicyclic) bond motifs is 1. The van der Waals surface area contributed by atoms with Crippen molar-refractivity contribution < 1.29 is 4.79 Å². The van der Waals surface area contributed by atoms with Crippen LogP contribution < -0.4 is 0 Å². The van der Waals surface area contributed by atoms with Crippen LogP contribution in [0.3, 0.4) is 0 Å². The summed E-state index contributed by atoms with van der Waals surface area (Å²) in [6.45, 7) is 2.14. The minimum absolute atomic E-state index is 0.000790. The molecule has 2 heterocycles. The van der Waals surface area contributed by atoms with Crippen molar-refractivity contribution >= 4 is 29.3 Å². The monoisotopic (exact) mass is 253 g/mol. The number of rotatable bonds is 2. The molecule has 1 N–H and O–H groups in total. The van der Waals surface area contributed by atoms with Crippen LogP contribution in [0.2, 0.25) is 0 Å². The molecule has 0 aliphatic heterocycles. The summed E-state index contributed by atoms with van der Waals surface area (Å²) in [5.41, 5.74) is 2.62. The lowest BCUT2D eigenvalue weighted by atomic mass is 10.4. The Kier molecular flexibility index (Phi) is 2.78. The standard InChI is InChI=1S/C10H15N5OS/c1-6-8-9(14(4)12-6)15(10(17)11-8)5-7(16)13(2)3/h5H2,1-4H3,(H,11,17). The molecule has 0 aliphatic carbocycles. The number of amides is 1. The number of hydrogen-bond acceptors (Lipinski definition) is 3. The van der Waals surface area contributed by atoms with Gasteiger partial charge in [0.2, 0.25) is 5.91 Å². The SMILES string of the molecule is Cc1nn(C)c2c1[nH]c(=S)n2CC(=O)N(C)C. The number of hydrogen-bond donors (Lipinski definition) is 1. The van der Waals surface area contributed by atoms with Crippen molar-refractivity contribution in [3.63, 3.8) is 0 Å². The molecule has 0 bridgehead atoms. The van der Waals surface area contributed by atoms with Crippen molar-refractivity contribution in [3.05, 3.63) is 10.5 Å². The van der Waals surface area contributed by atoms with Crippen molar-refractivity contribution in [2.24, 2.45) is 7.05 Å². The van der Waals surface area contributed by atoms with Gasteiger partial charge in [-0.2, -0.15) is 5.10 Å². The average molecular weight is 253 g/mol. The zero-order valence-electron chi connectivity index (χ0n) is 10.3. The van der Waals surface area contributed by atoms with E-state index in [0.29, 0.717) is 4.77 Å². The minimum atomic E-state index is 0.000790. The molecule has 7 heteroatoms. The Hall–Kier alpha value is -1.63. The Bertz CT molecular complexity index is 633. The predicted molar refractivity (Wildman–Crippen MR) is 67.3 cm³/mol. The van der Waals surface area contributed by atoms with Gasteiger partial charge in [0.25, 0.3) is 0 Å². The molecular formula is C10H15N5OS. The van der Waals surface area contributed by atoms with Crippen molar-refractivity contribution in [1.29, 1.82) is 0 Å². The summed E-state index contributed by atoms with van der Waals surface area (Å²) in [5, 5.41) is 4.30. The first-order valence-electron chi connectivity index (χ1n) is 5.24. The molecule has 1 amide bonds. The Balaban J connectivity index is 2.57. The van der Waals surface area contributed by atoms with E-state index in [1.165, 1.54) is 0 Å². The fourth-order valence-corrected chi connectivity index (χ4v) is 2.05. The average Bonchev–Trinajstić information content (AvgIpc) is 2.68. The highest BCUT2D eigenvalue weighted by Crippen LogP contribution is 2.16. The largest absolute Gasteiger partial charge is 0.347 e. The molecule has 0 fully saturated rings. The van der Waals surface area contributed by atoms with Crippen LogP contribution in [0.4, 0.5) is 0 Å². The molecule has 0 aliphatic rings. The molecule has 0 spiro atoms. The number of carbonyl (C=O) groups excluding carboxylic acids is 1. The third kappa shape index (κ3) is 1.86. The van der Waals surface area contributed by atoms with Gasteiger partial charge in [-0.15, -0.1) is 0 Å². The molecule has 92 valence electrons. The quantitative estimate of drug-likeness (QED) is 0.806. The number of likely N-dealkylation sites (N-methyl/N-ethyl adjacent to an activating group) is 1. The fraction of sp³-hybridized carbons (Fsp3) is 0.500. The van der Waals surface area contributed by atoms with Crippen LogP contribution >= 0.6 is 12.2 Å². The lowest BCUT2D eigenvalue weighted by Gasteiger charge is -2.11. The topological polar surface area (TPSA) is 58.9 Å². The van der Waals surface area contributed by atoms with Crippen LogP contribution in [0.5, 0.6) is 0 Å². The molecule has 6 nitrogen and oxygen atoms in total. The number of aromatic nitrogens is 4. The summed E-state index contributed by atoms with van der Waals surface area (Å²) >= 11 is 5.23. The molecule has 2 aromatic heterocycles. The van der Waals surface area contributed by atoms with Crippen LogP contribution in [0.1, 0.15) is 5.69 Å². The lowest BCUT2D eigenvalue weighted by Crippen LogP contribution is -2.26. The summed E-state index contributed by atoms with van der Waals surface area (Å²) < 4.78 is 4.05. The summed E-state index contributed by atoms with van der Waals surface area (Å²) in [5.74, 6) is 0.000790. The van der Waals surface area contributed by atoms with Gasteiger partial charge in [0.1, 0.15) is 12.1 Å². The first-order chi connectivity index (χ1) is 7.91. The summed E-state index contributed by atoms with van der Waals surface area (Å²) in [6.07, 6.45) is 0. The van der Waals surface area contributed by atoms with E-state index in [1.54, 1.807) is 28.2 Å². The van der Waals surface area contributed by atoms with E-state index in [2.05, 4.69) is 10.1 Å². The van der Waals surface area contributed by atoms with Gasteiger partial charge < -0.3 is 9.88 Å². The van der Waals surface area contributed by atoms with Gasteiger partial charge in [-0.25, -0.2) is 0 Å². The van der Waals surface area contributed by atoms with E-state index in [0.717, 1.165) is 16.9 Å². The van der Waals surface area contributed by atoms with E-state index in [-0.39, 0.29) is 12.5 Å². The Morgan fingerprint density at radius 2 is 2.18 bits per heavy atom. The van der Waals surface area contributed by atoms with Gasteiger partial charge in [0, 0.05) is 21.1 Å². The van der Waals surface area contributed by atoms with Crippen molar-refractivity contribution in [2.45, 2.75) is 13.5 Å². The van der Waals surface area contributed by atoms with Crippen LogP contribution in [0.25, 0.3) is 11.2 Å². The molecule has 0 atom stereocenters. The molecule has 2 rings (SSSR count). The number of aryl methyl sites for hydroxylation is 2. The first-order valence-corrected chi connectivity index (χ1v) is 5.65. The second kappa shape index (κ2) is 3.99. The molecule has 0 unspecified atom stereocenters. The number of carbonyl (C=O) groups is 1. The van der Waals surface area contributed by atoms with E-state index in [9.17, 15) is 4.79 Å². The van der Waals surface area contributed by atoms with Gasteiger partial charge in [-0.1, -0.05) is 0 Å². The third-order valence-electron chi connectivity index (χ3n) is 2.72. The molecule has 0 saturated heterocycles. The summed E-state index contributed by atoms with van der Waals surface area (Å²) in [7, 11) is 5.29. The second-order valence-corrected chi connectivity index (χ2v) is 4.60. The Labute approximate surface area is 104 Å². The fourth-order valence-electron chi connectivity index (χ4n) is 1.80. The summed E-state index contributed by atoms with van der Waals surface area (Å²) in [4.78, 5) is 16.4. The van der Waals surface area contributed by atoms with Gasteiger partial charge >= 0.3 is 0 Å². The zero-order valence-corrected chi connectivity index (χ0v) is 11.1. The van der Waals surface area contributed by atoms with Crippen LogP contribution in [0, 0.1) is 11.7 Å². The normalized spacial score (nSPS) is 11.1. The highest BCUT2D eigenvalue weighted by Gasteiger charge is 2.15. The van der Waals surface area contributed by atoms with Crippen LogP contribution in [-0.2, 0) is 18.4 Å². The van der Waals surface area contributed by atoms with E-state index >= 15 is 0 Å². The van der Waals surface area contributed by atoms with Crippen molar-refractivity contribution in [1.82, 2.24) is 24.2 Å². The van der Waals surface area contributed by atoms with Crippen molar-refractivity contribution in [2.75, 3.05) is 14.1 Å². The lowest BCUT2D eigenvalue weighted by molar-refractivity contribution is -0.129. The predicted octanol–water partition coefficient (Wildman–Crippen LogP) is 0.829. The van der Waals surface area contributed by atoms with Gasteiger partial charge in [-0.3, -0.25) is 14.0 Å². The molecule has 0 aromatic carbocycles. The van der Waals surface area contributed by atoms with Gasteiger partial charge in [-0.05, 0) is 19.1 Å². The third-order valence-corrected chi connectivity index (χ3v) is 3.04. The number of H-pyrrole nitrogens is 1. The molecule has 17 heavy (non-hydrogen) atoms. The van der Waals surface area contributed by atoms with Crippen molar-refractivity contribution in [3.8, 4) is 0 Å². The van der Waals surface area contributed by atoms with E-state index < -0.39 is 0 Å². The van der Waals surface area contributed by atoms with E-state index in [4.69, 9.17) is 12.2 Å². The smallest absolute Gasteiger partial charge is 0.242 e. The molecule has 0 radical (unpaired) electrons. The Morgan fingerprint density at radius 3 is 2.76 bits per heavy atom. The minimum Gasteiger partial charge on any atom is -0.347 e. The highest BCUT2D eigenvalue weighted by atomic mass is 32.1. The maximum Gasteiger partial charge on any atom is 0.242 e. The van der Waals surface area contributed by atoms with Crippen LogP contribution in [-0.4, -0.2) is 44.2 Å². The maximum absolute atomic E-state index is 11.7. The number of imidazole rings is 1. The maximum atomic E-state index is 11.7. The number of nitrogens with one attached hydrogen (secondary N) is 1.